The van der Waals surface area contributed by atoms with Crippen LogP contribution in [0.1, 0.15) is 19.3 Å². The van der Waals surface area contributed by atoms with Gasteiger partial charge in [-0.25, -0.2) is 0 Å². The van der Waals surface area contributed by atoms with Crippen LogP contribution in [0.5, 0.6) is 0 Å². The lowest BCUT2D eigenvalue weighted by Gasteiger charge is -2.22. The molecule has 0 aromatic rings. The smallest absolute Gasteiger partial charge is 0.323 e. The topological polar surface area (TPSA) is 60.9 Å². The summed E-state index contributed by atoms with van der Waals surface area (Å²) < 4.78 is 0. The molecule has 0 saturated heterocycles. The van der Waals surface area contributed by atoms with Gasteiger partial charge >= 0.3 is 5.97 Å². The molecule has 0 spiro atoms. The molecular formula is C13H22N2O3. The molecule has 5 heteroatoms. The molecule has 18 heavy (non-hydrogen) atoms. The zero-order valence-corrected chi connectivity index (χ0v) is 11.1. The molecule has 2 aliphatic carbocycles. The van der Waals surface area contributed by atoms with Crippen LogP contribution in [0.15, 0.2) is 0 Å². The summed E-state index contributed by atoms with van der Waals surface area (Å²) in [5.74, 6) is 0.536. The fourth-order valence-electron chi connectivity index (χ4n) is 2.53. The first-order valence-corrected chi connectivity index (χ1v) is 6.64. The van der Waals surface area contributed by atoms with Gasteiger partial charge < -0.3 is 14.9 Å². The minimum absolute atomic E-state index is 0.0520. The van der Waals surface area contributed by atoms with Crippen LogP contribution < -0.4 is 0 Å². The van der Waals surface area contributed by atoms with Gasteiger partial charge in [0.1, 0.15) is 6.54 Å². The molecule has 102 valence electrons. The van der Waals surface area contributed by atoms with E-state index < -0.39 is 5.97 Å². The molecule has 2 rings (SSSR count). The van der Waals surface area contributed by atoms with Crippen molar-refractivity contribution in [3.05, 3.63) is 0 Å². The molecule has 2 saturated carbocycles. The number of carbonyl (C=O) groups excluding carboxylic acids is 1. The second-order valence-corrected chi connectivity index (χ2v) is 5.80. The van der Waals surface area contributed by atoms with Crippen molar-refractivity contribution in [2.24, 2.45) is 17.8 Å². The molecule has 0 aromatic heterocycles. The lowest BCUT2D eigenvalue weighted by Crippen LogP contribution is -2.41. The first-order chi connectivity index (χ1) is 8.49. The first kappa shape index (κ1) is 13.3. The van der Waals surface area contributed by atoms with Crippen LogP contribution in [0.2, 0.25) is 0 Å². The molecule has 2 aliphatic rings. The number of carboxylic acids is 1. The molecule has 0 radical (unpaired) electrons. The molecule has 2 atom stereocenters. The Hall–Kier alpha value is -1.10. The number of hydrogen-bond donors (Lipinski definition) is 1. The first-order valence-electron chi connectivity index (χ1n) is 6.64. The summed E-state index contributed by atoms with van der Waals surface area (Å²) in [7, 11) is 3.85. The predicted molar refractivity (Wildman–Crippen MR) is 67.1 cm³/mol. The monoisotopic (exact) mass is 254 g/mol. The number of likely N-dealkylation sites (N-methyl/N-ethyl adjacent to an activating group) is 1. The van der Waals surface area contributed by atoms with Gasteiger partial charge in [0.15, 0.2) is 0 Å². The van der Waals surface area contributed by atoms with E-state index in [9.17, 15) is 9.59 Å². The van der Waals surface area contributed by atoms with Crippen molar-refractivity contribution in [2.75, 3.05) is 33.7 Å². The van der Waals surface area contributed by atoms with E-state index in [1.165, 1.54) is 17.7 Å². The standard InChI is InChI=1S/C13H22N2O3/c1-14(2)5-6-15(8-12(16)17)13(18)11-7-10(11)9-3-4-9/h9-11H,3-8H2,1-2H3,(H,16,17)/t10-,11+/m1/s1. The van der Waals surface area contributed by atoms with Crippen LogP contribution in [0.3, 0.4) is 0 Å². The zero-order valence-electron chi connectivity index (χ0n) is 11.1. The van der Waals surface area contributed by atoms with Gasteiger partial charge in [0.2, 0.25) is 5.91 Å². The molecule has 5 nitrogen and oxygen atoms in total. The third-order valence-electron chi connectivity index (χ3n) is 3.84. The summed E-state index contributed by atoms with van der Waals surface area (Å²) in [6.07, 6.45) is 3.48. The van der Waals surface area contributed by atoms with Gasteiger partial charge in [-0.05, 0) is 45.2 Å². The van der Waals surface area contributed by atoms with Crippen LogP contribution in [0.4, 0.5) is 0 Å². The maximum Gasteiger partial charge on any atom is 0.323 e. The van der Waals surface area contributed by atoms with Crippen molar-refractivity contribution < 1.29 is 14.7 Å². The lowest BCUT2D eigenvalue weighted by atomic mass is 10.2. The number of rotatable bonds is 7. The van der Waals surface area contributed by atoms with Crippen LogP contribution in [-0.4, -0.2) is 60.5 Å². The average molecular weight is 254 g/mol. The highest BCUT2D eigenvalue weighted by molar-refractivity contribution is 5.85. The zero-order chi connectivity index (χ0) is 13.3. The van der Waals surface area contributed by atoms with Crippen LogP contribution in [0, 0.1) is 17.8 Å². The van der Waals surface area contributed by atoms with Crippen molar-refractivity contribution in [3.8, 4) is 0 Å². The SMILES string of the molecule is CN(C)CCN(CC(=O)O)C(=O)[C@H]1C[C@@H]1C1CC1. The van der Waals surface area contributed by atoms with Crippen molar-refractivity contribution in [1.29, 1.82) is 0 Å². The fourth-order valence-corrected chi connectivity index (χ4v) is 2.53. The highest BCUT2D eigenvalue weighted by atomic mass is 16.4. The molecule has 2 fully saturated rings. The second kappa shape index (κ2) is 5.26. The van der Waals surface area contributed by atoms with Crippen LogP contribution in [-0.2, 0) is 9.59 Å². The molecule has 0 heterocycles. The Morgan fingerprint density at radius 3 is 2.39 bits per heavy atom. The summed E-state index contributed by atoms with van der Waals surface area (Å²) in [5.41, 5.74) is 0. The Bertz CT molecular complexity index is 339. The van der Waals surface area contributed by atoms with Gasteiger partial charge in [0, 0.05) is 19.0 Å². The third kappa shape index (κ3) is 3.45. The Kier molecular flexibility index (Phi) is 3.90. The number of nitrogens with zero attached hydrogens (tertiary/aromatic N) is 2. The van der Waals surface area contributed by atoms with Gasteiger partial charge in [-0.2, -0.15) is 0 Å². The minimum Gasteiger partial charge on any atom is -0.480 e. The summed E-state index contributed by atoms with van der Waals surface area (Å²) in [6, 6.07) is 0. The van der Waals surface area contributed by atoms with Crippen molar-refractivity contribution in [3.63, 3.8) is 0 Å². The number of amides is 1. The highest BCUT2D eigenvalue weighted by Gasteiger charge is 2.52. The Morgan fingerprint density at radius 2 is 1.89 bits per heavy atom. The second-order valence-electron chi connectivity index (χ2n) is 5.80. The van der Waals surface area contributed by atoms with Gasteiger partial charge in [-0.1, -0.05) is 0 Å². The number of carbonyl (C=O) groups is 2. The van der Waals surface area contributed by atoms with Gasteiger partial charge in [-0.15, -0.1) is 0 Å². The summed E-state index contributed by atoms with van der Waals surface area (Å²) in [5, 5.41) is 8.88. The van der Waals surface area contributed by atoms with E-state index in [2.05, 4.69) is 0 Å². The molecule has 0 aromatic carbocycles. The highest BCUT2D eigenvalue weighted by Crippen LogP contribution is 2.54. The molecule has 1 amide bonds. The van der Waals surface area contributed by atoms with E-state index >= 15 is 0 Å². The average Bonchev–Trinajstić information content (AvgIpc) is 3.14. The van der Waals surface area contributed by atoms with Crippen LogP contribution in [0.25, 0.3) is 0 Å². The van der Waals surface area contributed by atoms with E-state index in [4.69, 9.17) is 5.11 Å². The normalized spacial score (nSPS) is 26.2. The summed E-state index contributed by atoms with van der Waals surface area (Å²) in [6.45, 7) is 1.05. The quantitative estimate of drug-likeness (QED) is 0.719. The Labute approximate surface area is 108 Å². The van der Waals surface area contributed by atoms with E-state index in [1.807, 2.05) is 19.0 Å². The van der Waals surface area contributed by atoms with Crippen molar-refractivity contribution in [1.82, 2.24) is 9.80 Å². The fraction of sp³-hybridized carbons (Fsp3) is 0.846. The van der Waals surface area contributed by atoms with Crippen molar-refractivity contribution >= 4 is 11.9 Å². The number of aliphatic carboxylic acids is 1. The van der Waals surface area contributed by atoms with Crippen molar-refractivity contribution in [2.45, 2.75) is 19.3 Å². The summed E-state index contributed by atoms with van der Waals surface area (Å²) >= 11 is 0. The molecular weight excluding hydrogens is 232 g/mol. The summed E-state index contributed by atoms with van der Waals surface area (Å²) in [4.78, 5) is 26.5. The maximum absolute atomic E-state index is 12.2. The molecule has 0 unspecified atom stereocenters. The van der Waals surface area contributed by atoms with Gasteiger partial charge in [-0.3, -0.25) is 9.59 Å². The Balaban J connectivity index is 1.86. The number of hydrogen-bond acceptors (Lipinski definition) is 3. The predicted octanol–water partition coefficient (Wildman–Crippen LogP) is 0.507. The van der Waals surface area contributed by atoms with E-state index in [-0.39, 0.29) is 18.4 Å². The van der Waals surface area contributed by atoms with E-state index in [1.54, 1.807) is 0 Å². The van der Waals surface area contributed by atoms with Gasteiger partial charge in [0.25, 0.3) is 0 Å². The molecule has 0 aliphatic heterocycles. The maximum atomic E-state index is 12.2. The minimum atomic E-state index is -0.925. The molecule has 1 N–H and O–H groups in total. The third-order valence-corrected chi connectivity index (χ3v) is 3.84. The van der Waals surface area contributed by atoms with Crippen LogP contribution >= 0.6 is 0 Å². The molecule has 0 bridgehead atoms. The van der Waals surface area contributed by atoms with E-state index in [0.29, 0.717) is 19.0 Å². The number of carboxylic acid groups (broad SMARTS) is 1. The largest absolute Gasteiger partial charge is 0.480 e. The lowest BCUT2D eigenvalue weighted by molar-refractivity contribution is -0.145. The Morgan fingerprint density at radius 1 is 1.22 bits per heavy atom. The van der Waals surface area contributed by atoms with Gasteiger partial charge in [0.05, 0.1) is 0 Å². The van der Waals surface area contributed by atoms with E-state index in [0.717, 1.165) is 12.3 Å².